The van der Waals surface area contributed by atoms with Crippen molar-refractivity contribution in [1.29, 1.82) is 0 Å². The van der Waals surface area contributed by atoms with E-state index in [-0.39, 0.29) is 11.8 Å². The third kappa shape index (κ3) is 3.60. The SMILES string of the molecule is CN(C)C(=O)/C=C\C(=O)N(C)c1ccccc1Cl. The molecule has 0 unspecified atom stereocenters. The Morgan fingerprint density at radius 1 is 1.06 bits per heavy atom. The van der Waals surface area contributed by atoms with E-state index in [1.165, 1.54) is 22.0 Å². The number of carbonyl (C=O) groups is 2. The number of anilines is 1. The molecule has 18 heavy (non-hydrogen) atoms. The fourth-order valence-corrected chi connectivity index (χ4v) is 1.51. The summed E-state index contributed by atoms with van der Waals surface area (Å²) in [6.45, 7) is 0. The van der Waals surface area contributed by atoms with Gasteiger partial charge in [-0.25, -0.2) is 0 Å². The first-order chi connectivity index (χ1) is 8.43. The first-order valence-electron chi connectivity index (χ1n) is 5.35. The maximum atomic E-state index is 11.8. The van der Waals surface area contributed by atoms with E-state index in [2.05, 4.69) is 0 Å². The van der Waals surface area contributed by atoms with Gasteiger partial charge in [0, 0.05) is 33.3 Å². The molecule has 0 aliphatic carbocycles. The number of amides is 2. The Kier molecular flexibility index (Phi) is 4.92. The molecule has 0 radical (unpaired) electrons. The van der Waals surface area contributed by atoms with E-state index in [0.717, 1.165) is 0 Å². The van der Waals surface area contributed by atoms with E-state index in [0.29, 0.717) is 10.7 Å². The minimum atomic E-state index is -0.307. The molecule has 1 aromatic rings. The van der Waals surface area contributed by atoms with Crippen LogP contribution in [-0.2, 0) is 9.59 Å². The monoisotopic (exact) mass is 266 g/mol. The third-order valence-corrected chi connectivity index (χ3v) is 2.67. The lowest BCUT2D eigenvalue weighted by atomic mass is 10.3. The Morgan fingerprint density at radius 3 is 2.17 bits per heavy atom. The summed E-state index contributed by atoms with van der Waals surface area (Å²) in [6.07, 6.45) is 2.46. The number of carbonyl (C=O) groups excluding carboxylic acids is 2. The second-order valence-corrected chi connectivity index (χ2v) is 4.32. The van der Waals surface area contributed by atoms with Gasteiger partial charge in [-0.3, -0.25) is 9.59 Å². The molecule has 1 aromatic carbocycles. The highest BCUT2D eigenvalue weighted by Crippen LogP contribution is 2.24. The zero-order valence-corrected chi connectivity index (χ0v) is 11.3. The highest BCUT2D eigenvalue weighted by molar-refractivity contribution is 6.34. The minimum absolute atomic E-state index is 0.240. The van der Waals surface area contributed by atoms with Crippen LogP contribution in [-0.4, -0.2) is 37.9 Å². The molecule has 0 fully saturated rings. The Morgan fingerprint density at radius 2 is 1.61 bits per heavy atom. The van der Waals surface area contributed by atoms with Crippen LogP contribution in [0.5, 0.6) is 0 Å². The average molecular weight is 267 g/mol. The average Bonchev–Trinajstić information content (AvgIpc) is 2.35. The van der Waals surface area contributed by atoms with Gasteiger partial charge in [0.1, 0.15) is 0 Å². The van der Waals surface area contributed by atoms with Gasteiger partial charge in [-0.05, 0) is 12.1 Å². The number of hydrogen-bond donors (Lipinski definition) is 0. The molecule has 0 heterocycles. The summed E-state index contributed by atoms with van der Waals surface area (Å²) >= 11 is 5.98. The normalized spacial score (nSPS) is 10.4. The van der Waals surface area contributed by atoms with Crippen molar-refractivity contribution in [1.82, 2.24) is 4.90 Å². The first kappa shape index (κ1) is 14.3. The summed E-state index contributed by atoms with van der Waals surface area (Å²) in [5, 5.41) is 0.487. The third-order valence-electron chi connectivity index (χ3n) is 2.35. The summed E-state index contributed by atoms with van der Waals surface area (Å²) in [7, 11) is 4.85. The quantitative estimate of drug-likeness (QED) is 0.785. The van der Waals surface area contributed by atoms with Crippen LogP contribution in [0.1, 0.15) is 0 Å². The Hall–Kier alpha value is -1.81. The Labute approximate surface area is 111 Å². The van der Waals surface area contributed by atoms with Crippen LogP contribution < -0.4 is 4.90 Å². The number of para-hydroxylation sites is 1. The van der Waals surface area contributed by atoms with Gasteiger partial charge in [-0.15, -0.1) is 0 Å². The van der Waals surface area contributed by atoms with Crippen molar-refractivity contribution in [2.24, 2.45) is 0 Å². The summed E-state index contributed by atoms with van der Waals surface area (Å²) in [6, 6.07) is 7.02. The molecule has 0 saturated heterocycles. The zero-order chi connectivity index (χ0) is 13.7. The van der Waals surface area contributed by atoms with Gasteiger partial charge in [-0.2, -0.15) is 0 Å². The number of hydrogen-bond acceptors (Lipinski definition) is 2. The van der Waals surface area contributed by atoms with Crippen LogP contribution in [0, 0.1) is 0 Å². The van der Waals surface area contributed by atoms with E-state index < -0.39 is 0 Å². The molecular formula is C13H15ClN2O2. The van der Waals surface area contributed by atoms with E-state index >= 15 is 0 Å². The second kappa shape index (κ2) is 6.21. The summed E-state index contributed by atoms with van der Waals surface area (Å²) < 4.78 is 0. The molecule has 4 nitrogen and oxygen atoms in total. The van der Waals surface area contributed by atoms with E-state index in [1.54, 1.807) is 45.4 Å². The number of likely N-dealkylation sites (N-methyl/N-ethyl adjacent to an activating group) is 2. The molecule has 0 N–H and O–H groups in total. The van der Waals surface area contributed by atoms with Crippen molar-refractivity contribution in [3.05, 3.63) is 41.4 Å². The van der Waals surface area contributed by atoms with Crippen LogP contribution in [0.2, 0.25) is 5.02 Å². The summed E-state index contributed by atoms with van der Waals surface area (Å²) in [4.78, 5) is 25.9. The molecule has 0 atom stereocenters. The van der Waals surface area contributed by atoms with Crippen LogP contribution in [0.25, 0.3) is 0 Å². The maximum Gasteiger partial charge on any atom is 0.250 e. The number of nitrogens with zero attached hydrogens (tertiary/aromatic N) is 2. The smallest absolute Gasteiger partial charge is 0.250 e. The van der Waals surface area contributed by atoms with Crippen molar-refractivity contribution in [3.8, 4) is 0 Å². The van der Waals surface area contributed by atoms with Crippen molar-refractivity contribution in [2.75, 3.05) is 26.0 Å². The number of rotatable bonds is 3. The summed E-state index contributed by atoms with van der Waals surface area (Å²) in [5.41, 5.74) is 0.603. The predicted octanol–water partition coefficient (Wildman–Crippen LogP) is 1.95. The minimum Gasteiger partial charge on any atom is -0.345 e. The molecule has 2 amide bonds. The predicted molar refractivity (Wildman–Crippen MR) is 72.7 cm³/mol. The first-order valence-corrected chi connectivity index (χ1v) is 5.73. The van der Waals surface area contributed by atoms with Gasteiger partial charge < -0.3 is 9.80 Å². The molecular weight excluding hydrogens is 252 g/mol. The van der Waals surface area contributed by atoms with Crippen LogP contribution in [0.4, 0.5) is 5.69 Å². The molecule has 0 saturated carbocycles. The number of halogens is 1. The molecule has 96 valence electrons. The van der Waals surface area contributed by atoms with Crippen molar-refractivity contribution < 1.29 is 9.59 Å². The standard InChI is InChI=1S/C13H15ClN2O2/c1-15(2)12(17)8-9-13(18)16(3)11-7-5-4-6-10(11)14/h4-9H,1-3H3/b9-8-. The molecule has 0 aliphatic rings. The largest absolute Gasteiger partial charge is 0.345 e. The van der Waals surface area contributed by atoms with Gasteiger partial charge in [0.25, 0.3) is 5.91 Å². The lowest BCUT2D eigenvalue weighted by Crippen LogP contribution is -2.25. The highest BCUT2D eigenvalue weighted by atomic mass is 35.5. The van der Waals surface area contributed by atoms with Gasteiger partial charge in [0.05, 0.1) is 10.7 Å². The fraction of sp³-hybridized carbons (Fsp3) is 0.231. The molecule has 0 aliphatic heterocycles. The van der Waals surface area contributed by atoms with Gasteiger partial charge in [0.15, 0.2) is 0 Å². The van der Waals surface area contributed by atoms with Crippen LogP contribution in [0.15, 0.2) is 36.4 Å². The number of benzene rings is 1. The summed E-state index contributed by atoms with van der Waals surface area (Å²) in [5.74, 6) is -0.547. The van der Waals surface area contributed by atoms with E-state index in [1.807, 2.05) is 0 Å². The van der Waals surface area contributed by atoms with Gasteiger partial charge >= 0.3 is 0 Å². The van der Waals surface area contributed by atoms with Crippen LogP contribution >= 0.6 is 11.6 Å². The fourth-order valence-electron chi connectivity index (χ4n) is 1.25. The van der Waals surface area contributed by atoms with Crippen LogP contribution in [0.3, 0.4) is 0 Å². The van der Waals surface area contributed by atoms with Gasteiger partial charge in [0.2, 0.25) is 5.91 Å². The zero-order valence-electron chi connectivity index (χ0n) is 10.6. The lowest BCUT2D eigenvalue weighted by Gasteiger charge is -2.16. The van der Waals surface area contributed by atoms with Crippen molar-refractivity contribution >= 4 is 29.1 Å². The van der Waals surface area contributed by atoms with Gasteiger partial charge in [-0.1, -0.05) is 23.7 Å². The molecule has 1 rings (SSSR count). The highest BCUT2D eigenvalue weighted by Gasteiger charge is 2.11. The molecule has 0 aromatic heterocycles. The Bertz CT molecular complexity index is 484. The lowest BCUT2D eigenvalue weighted by molar-refractivity contribution is -0.124. The molecule has 5 heteroatoms. The second-order valence-electron chi connectivity index (χ2n) is 3.91. The van der Waals surface area contributed by atoms with Crippen molar-refractivity contribution in [3.63, 3.8) is 0 Å². The maximum absolute atomic E-state index is 11.8. The van der Waals surface area contributed by atoms with E-state index in [9.17, 15) is 9.59 Å². The Balaban J connectivity index is 2.80. The van der Waals surface area contributed by atoms with E-state index in [4.69, 9.17) is 11.6 Å². The van der Waals surface area contributed by atoms with Crippen molar-refractivity contribution in [2.45, 2.75) is 0 Å². The topological polar surface area (TPSA) is 40.6 Å². The molecule has 0 bridgehead atoms. The molecule has 0 spiro atoms.